The van der Waals surface area contributed by atoms with Crippen molar-refractivity contribution in [3.8, 4) is 0 Å². The van der Waals surface area contributed by atoms with Gasteiger partial charge in [-0.15, -0.1) is 12.4 Å². The van der Waals surface area contributed by atoms with E-state index >= 15 is 0 Å². The Morgan fingerprint density at radius 1 is 1.50 bits per heavy atom. The van der Waals surface area contributed by atoms with Crippen LogP contribution in [0.15, 0.2) is 18.2 Å². The first-order valence-electron chi connectivity index (χ1n) is 6.00. The topological polar surface area (TPSA) is 15.3 Å². The number of hydrogen-bond donors (Lipinski definition) is 1. The lowest BCUT2D eigenvalue weighted by Crippen LogP contribution is -2.24. The molecule has 1 unspecified atom stereocenters. The monoisotopic (exact) mass is 292 g/mol. The Hall–Kier alpha value is -0.350. The normalized spacial score (nSPS) is 19.8. The zero-order valence-corrected chi connectivity index (χ0v) is 12.0. The molecule has 5 heteroatoms. The smallest absolute Gasteiger partial charge is 0.146 e. The number of nitrogens with zero attached hydrogens (tertiary/aromatic N) is 1. The van der Waals surface area contributed by atoms with Crippen molar-refractivity contribution >= 4 is 24.0 Å². The Bertz CT molecular complexity index is 387. The molecule has 1 aromatic rings. The molecule has 1 aliphatic heterocycles. The minimum Gasteiger partial charge on any atom is -0.319 e. The maximum absolute atomic E-state index is 13.7. The molecule has 1 aromatic carbocycles. The highest BCUT2D eigenvalue weighted by atomic mass is 35.5. The fourth-order valence-electron chi connectivity index (χ4n) is 2.42. The zero-order chi connectivity index (χ0) is 12.3. The fraction of sp³-hybridized carbons (Fsp3) is 0.538. The molecule has 1 N–H and O–H groups in total. The molecule has 0 radical (unpaired) electrons. The second kappa shape index (κ2) is 7.29. The second-order valence-electron chi connectivity index (χ2n) is 4.66. The van der Waals surface area contributed by atoms with Gasteiger partial charge in [0.2, 0.25) is 0 Å². The minimum absolute atomic E-state index is 0. The molecule has 0 aliphatic carbocycles. The van der Waals surface area contributed by atoms with Gasteiger partial charge in [0.05, 0.1) is 5.02 Å². The fourth-order valence-corrected chi connectivity index (χ4v) is 2.62. The Balaban J connectivity index is 0.00000162. The Morgan fingerprint density at radius 2 is 2.28 bits per heavy atom. The molecule has 1 aliphatic rings. The average molecular weight is 293 g/mol. The van der Waals surface area contributed by atoms with E-state index in [2.05, 4.69) is 10.2 Å². The summed E-state index contributed by atoms with van der Waals surface area (Å²) in [5.74, 6) is 0.411. The van der Waals surface area contributed by atoms with E-state index in [0.29, 0.717) is 18.0 Å². The van der Waals surface area contributed by atoms with Crippen molar-refractivity contribution in [3.05, 3.63) is 34.6 Å². The molecule has 102 valence electrons. The van der Waals surface area contributed by atoms with Gasteiger partial charge in [-0.05, 0) is 38.5 Å². The lowest BCUT2D eigenvalue weighted by molar-refractivity contribution is 0.310. The van der Waals surface area contributed by atoms with Crippen LogP contribution in [0.2, 0.25) is 5.02 Å². The van der Waals surface area contributed by atoms with Crippen molar-refractivity contribution in [2.75, 3.05) is 26.7 Å². The summed E-state index contributed by atoms with van der Waals surface area (Å²) in [6.07, 6.45) is 1.18. The molecule has 2 rings (SSSR count). The molecule has 0 bridgehead atoms. The predicted molar refractivity (Wildman–Crippen MR) is 76.0 cm³/mol. The summed E-state index contributed by atoms with van der Waals surface area (Å²) in [4.78, 5) is 2.29. The van der Waals surface area contributed by atoms with Crippen molar-refractivity contribution in [1.82, 2.24) is 10.2 Å². The first kappa shape index (κ1) is 15.7. The molecule has 2 nitrogen and oxygen atoms in total. The number of nitrogens with one attached hydrogen (secondary N) is 1. The largest absolute Gasteiger partial charge is 0.319 e. The van der Waals surface area contributed by atoms with Gasteiger partial charge in [0.1, 0.15) is 5.82 Å². The first-order valence-corrected chi connectivity index (χ1v) is 6.38. The van der Waals surface area contributed by atoms with Crippen LogP contribution in [-0.2, 0) is 6.54 Å². The number of halogens is 3. The van der Waals surface area contributed by atoms with Gasteiger partial charge in [-0.1, -0.05) is 23.7 Å². The number of rotatable bonds is 4. The van der Waals surface area contributed by atoms with Crippen LogP contribution in [0.3, 0.4) is 0 Å². The van der Waals surface area contributed by atoms with Crippen molar-refractivity contribution in [2.45, 2.75) is 13.0 Å². The van der Waals surface area contributed by atoms with Gasteiger partial charge < -0.3 is 5.32 Å². The quantitative estimate of drug-likeness (QED) is 0.918. The summed E-state index contributed by atoms with van der Waals surface area (Å²) in [5, 5.41) is 3.41. The molecule has 18 heavy (non-hydrogen) atoms. The van der Waals surface area contributed by atoms with Crippen molar-refractivity contribution in [1.29, 1.82) is 0 Å². The van der Waals surface area contributed by atoms with Crippen LogP contribution in [0.4, 0.5) is 4.39 Å². The van der Waals surface area contributed by atoms with E-state index < -0.39 is 0 Å². The van der Waals surface area contributed by atoms with Crippen molar-refractivity contribution < 1.29 is 4.39 Å². The van der Waals surface area contributed by atoms with Crippen LogP contribution in [0.5, 0.6) is 0 Å². The van der Waals surface area contributed by atoms with E-state index in [0.717, 1.165) is 19.6 Å². The van der Waals surface area contributed by atoms with E-state index in [1.54, 1.807) is 6.07 Å². The number of likely N-dealkylation sites (tertiary alicyclic amines) is 1. The maximum atomic E-state index is 13.7. The molecule has 1 fully saturated rings. The van der Waals surface area contributed by atoms with Crippen molar-refractivity contribution in [3.63, 3.8) is 0 Å². The molecule has 0 spiro atoms. The highest BCUT2D eigenvalue weighted by Crippen LogP contribution is 2.22. The third kappa shape index (κ3) is 3.82. The first-order chi connectivity index (χ1) is 8.20. The van der Waals surface area contributed by atoms with Gasteiger partial charge in [-0.2, -0.15) is 0 Å². The van der Waals surface area contributed by atoms with Crippen LogP contribution >= 0.6 is 24.0 Å². The van der Waals surface area contributed by atoms with E-state index in [1.165, 1.54) is 6.42 Å². The van der Waals surface area contributed by atoms with Gasteiger partial charge in [-0.25, -0.2) is 4.39 Å². The molecule has 0 amide bonds. The Morgan fingerprint density at radius 3 is 3.00 bits per heavy atom. The van der Waals surface area contributed by atoms with Gasteiger partial charge in [0, 0.05) is 18.7 Å². The van der Waals surface area contributed by atoms with Crippen LogP contribution in [0.25, 0.3) is 0 Å². The maximum Gasteiger partial charge on any atom is 0.146 e. The average Bonchev–Trinajstić information content (AvgIpc) is 2.73. The molecule has 1 atom stereocenters. The molecule has 0 aromatic heterocycles. The van der Waals surface area contributed by atoms with Gasteiger partial charge in [0.15, 0.2) is 0 Å². The van der Waals surface area contributed by atoms with Crippen LogP contribution < -0.4 is 5.32 Å². The minimum atomic E-state index is -0.272. The van der Waals surface area contributed by atoms with Gasteiger partial charge >= 0.3 is 0 Å². The van der Waals surface area contributed by atoms with E-state index in [1.807, 2.05) is 19.2 Å². The van der Waals surface area contributed by atoms with Crippen molar-refractivity contribution in [2.24, 2.45) is 5.92 Å². The summed E-state index contributed by atoms with van der Waals surface area (Å²) < 4.78 is 13.7. The summed E-state index contributed by atoms with van der Waals surface area (Å²) in [7, 11) is 1.97. The summed E-state index contributed by atoms with van der Waals surface area (Å²) in [6, 6.07) is 5.21. The Kier molecular flexibility index (Phi) is 6.36. The molecular formula is C13H19Cl2FN2. The van der Waals surface area contributed by atoms with E-state index in [9.17, 15) is 4.39 Å². The summed E-state index contributed by atoms with van der Waals surface area (Å²) in [5.41, 5.74) is 0.697. The highest BCUT2D eigenvalue weighted by Gasteiger charge is 2.22. The third-order valence-electron chi connectivity index (χ3n) is 3.29. The van der Waals surface area contributed by atoms with Crippen LogP contribution in [0, 0.1) is 11.7 Å². The van der Waals surface area contributed by atoms with E-state index in [4.69, 9.17) is 11.6 Å². The van der Waals surface area contributed by atoms with Gasteiger partial charge in [-0.3, -0.25) is 4.90 Å². The van der Waals surface area contributed by atoms with Gasteiger partial charge in [0.25, 0.3) is 0 Å². The zero-order valence-electron chi connectivity index (χ0n) is 10.5. The number of benzene rings is 1. The second-order valence-corrected chi connectivity index (χ2v) is 5.07. The summed E-state index contributed by atoms with van der Waals surface area (Å²) in [6.45, 7) is 3.77. The number of hydrogen-bond acceptors (Lipinski definition) is 2. The predicted octanol–water partition coefficient (Wildman–Crippen LogP) is 2.94. The van der Waals surface area contributed by atoms with Crippen LogP contribution in [-0.4, -0.2) is 31.6 Å². The standard InChI is InChI=1S/C13H18ClFN2.ClH/c1-16-7-10-5-6-17(8-10)9-11-3-2-4-12(14)13(11)15;/h2-4,10,16H,5-9H2,1H3;1H. The van der Waals surface area contributed by atoms with E-state index in [-0.39, 0.29) is 23.2 Å². The molecule has 1 saturated heterocycles. The molecule has 0 saturated carbocycles. The highest BCUT2D eigenvalue weighted by molar-refractivity contribution is 6.30. The SMILES string of the molecule is CNCC1CCN(Cc2cccc(Cl)c2F)C1.Cl. The molecule has 1 heterocycles. The lowest BCUT2D eigenvalue weighted by Gasteiger charge is -2.16. The molecular weight excluding hydrogens is 274 g/mol. The lowest BCUT2D eigenvalue weighted by atomic mass is 10.1. The van der Waals surface area contributed by atoms with Crippen LogP contribution in [0.1, 0.15) is 12.0 Å². The Labute approximate surface area is 119 Å². The third-order valence-corrected chi connectivity index (χ3v) is 3.58. The summed E-state index contributed by atoms with van der Waals surface area (Å²) >= 11 is 5.77.